The van der Waals surface area contributed by atoms with Crippen molar-refractivity contribution in [1.29, 1.82) is 0 Å². The van der Waals surface area contributed by atoms with E-state index in [0.29, 0.717) is 11.4 Å². The number of hydrogen-bond acceptors (Lipinski definition) is 3. The van der Waals surface area contributed by atoms with E-state index in [-0.39, 0.29) is 5.76 Å². The van der Waals surface area contributed by atoms with E-state index in [1.165, 1.54) is 25.5 Å². The van der Waals surface area contributed by atoms with Gasteiger partial charge in [-0.1, -0.05) is 0 Å². The van der Waals surface area contributed by atoms with Crippen molar-refractivity contribution in [1.82, 2.24) is 0 Å². The molecule has 1 aliphatic heterocycles. The number of rotatable bonds is 3. The van der Waals surface area contributed by atoms with Crippen LogP contribution in [0.3, 0.4) is 0 Å². The predicted molar refractivity (Wildman–Crippen MR) is 66.9 cm³/mol. The summed E-state index contributed by atoms with van der Waals surface area (Å²) in [5.41, 5.74) is 0.378. The van der Waals surface area contributed by atoms with E-state index in [1.807, 2.05) is 0 Å². The minimum Gasteiger partial charge on any atom is -0.497 e. The van der Waals surface area contributed by atoms with Gasteiger partial charge in [0, 0.05) is 5.69 Å². The number of benzene rings is 1. The van der Waals surface area contributed by atoms with Gasteiger partial charge in [0.2, 0.25) is 0 Å². The number of alkyl halides is 2. The number of anilines is 1. The Balaban J connectivity index is 1.97. The van der Waals surface area contributed by atoms with Gasteiger partial charge in [-0.25, -0.2) is 0 Å². The number of halogens is 2. The first-order valence-electron chi connectivity index (χ1n) is 5.94. The van der Waals surface area contributed by atoms with Crippen LogP contribution in [0.1, 0.15) is 11.8 Å². The molecule has 0 N–H and O–H groups in total. The number of amides is 1. The van der Waals surface area contributed by atoms with Gasteiger partial charge in [0.05, 0.1) is 13.4 Å². The maximum atomic E-state index is 13.8. The summed E-state index contributed by atoms with van der Waals surface area (Å²) in [4.78, 5) is 12.7. The van der Waals surface area contributed by atoms with Crippen LogP contribution in [-0.4, -0.2) is 18.9 Å². The first-order chi connectivity index (χ1) is 9.55. The van der Waals surface area contributed by atoms with Crippen LogP contribution in [0.2, 0.25) is 0 Å². The molecule has 4 nitrogen and oxygen atoms in total. The molecule has 2 heterocycles. The molecule has 1 saturated heterocycles. The Bertz CT molecular complexity index is 622. The van der Waals surface area contributed by atoms with Gasteiger partial charge in [-0.3, -0.25) is 9.69 Å². The number of nitrogens with zero attached hydrogens (tertiary/aromatic N) is 1. The molecule has 1 aromatic carbocycles. The van der Waals surface area contributed by atoms with Crippen molar-refractivity contribution < 1.29 is 22.7 Å². The molecule has 0 radical (unpaired) electrons. The van der Waals surface area contributed by atoms with E-state index in [1.54, 1.807) is 24.3 Å². The molecule has 0 spiro atoms. The molecule has 1 amide bonds. The Morgan fingerprint density at radius 3 is 2.50 bits per heavy atom. The first-order valence-corrected chi connectivity index (χ1v) is 5.94. The predicted octanol–water partition coefficient (Wildman–Crippen LogP) is 3.01. The van der Waals surface area contributed by atoms with E-state index in [9.17, 15) is 13.6 Å². The molecule has 0 aliphatic carbocycles. The molecular formula is C14H11F2NO3. The van der Waals surface area contributed by atoms with Crippen LogP contribution in [0, 0.1) is 0 Å². The van der Waals surface area contributed by atoms with Crippen LogP contribution < -0.4 is 9.64 Å². The third-order valence-corrected chi connectivity index (χ3v) is 3.27. The highest BCUT2D eigenvalue weighted by Gasteiger charge is 2.66. The number of furan rings is 1. The summed E-state index contributed by atoms with van der Waals surface area (Å²) in [6.07, 6.45) is 1.31. The minimum absolute atomic E-state index is 0.0606. The highest BCUT2D eigenvalue weighted by atomic mass is 19.3. The molecule has 2 aromatic rings. The van der Waals surface area contributed by atoms with Gasteiger partial charge in [-0.05, 0) is 36.4 Å². The molecule has 1 atom stereocenters. The van der Waals surface area contributed by atoms with Gasteiger partial charge in [-0.2, -0.15) is 8.78 Å². The van der Waals surface area contributed by atoms with E-state index < -0.39 is 17.9 Å². The Labute approximate surface area is 113 Å². The minimum atomic E-state index is -3.45. The van der Waals surface area contributed by atoms with E-state index in [4.69, 9.17) is 9.15 Å². The average Bonchev–Trinajstić information content (AvgIpc) is 2.97. The van der Waals surface area contributed by atoms with Gasteiger partial charge < -0.3 is 9.15 Å². The second-order valence-corrected chi connectivity index (χ2v) is 4.41. The van der Waals surface area contributed by atoms with Crippen molar-refractivity contribution in [3.05, 3.63) is 48.4 Å². The molecule has 1 aliphatic rings. The molecule has 20 heavy (non-hydrogen) atoms. The lowest BCUT2D eigenvalue weighted by atomic mass is 9.93. The summed E-state index contributed by atoms with van der Waals surface area (Å²) in [6.45, 7) is 0. The molecule has 1 unspecified atom stereocenters. The lowest BCUT2D eigenvalue weighted by Crippen LogP contribution is -2.64. The fraction of sp³-hybridized carbons (Fsp3) is 0.214. The largest absolute Gasteiger partial charge is 0.497 e. The van der Waals surface area contributed by atoms with Crippen LogP contribution in [0.5, 0.6) is 5.75 Å². The number of carbonyl (C=O) groups excluding carboxylic acids is 1. The standard InChI is InChI=1S/C14H11F2NO3/c1-19-10-6-4-9(5-7-10)17-12(11-3-2-8-20-11)14(15,16)13(17)18/h2-8,12H,1H3. The van der Waals surface area contributed by atoms with Crippen molar-refractivity contribution in [3.63, 3.8) is 0 Å². The summed E-state index contributed by atoms with van der Waals surface area (Å²) in [5.74, 6) is -4.03. The van der Waals surface area contributed by atoms with Crippen molar-refractivity contribution in [3.8, 4) is 5.75 Å². The molecule has 0 saturated carbocycles. The Morgan fingerprint density at radius 2 is 1.95 bits per heavy atom. The Hall–Kier alpha value is -2.37. The van der Waals surface area contributed by atoms with Gasteiger partial charge in [0.15, 0.2) is 6.04 Å². The monoisotopic (exact) mass is 279 g/mol. The van der Waals surface area contributed by atoms with E-state index in [2.05, 4.69) is 0 Å². The molecular weight excluding hydrogens is 268 g/mol. The third-order valence-electron chi connectivity index (χ3n) is 3.27. The lowest BCUT2D eigenvalue weighted by molar-refractivity contribution is -0.164. The molecule has 1 fully saturated rings. The SMILES string of the molecule is COc1ccc(N2C(=O)C(F)(F)C2c2ccco2)cc1. The number of carbonyl (C=O) groups is 1. The number of ether oxygens (including phenoxy) is 1. The maximum absolute atomic E-state index is 13.8. The summed E-state index contributed by atoms with van der Waals surface area (Å²) in [5, 5.41) is 0. The second-order valence-electron chi connectivity index (χ2n) is 4.41. The van der Waals surface area contributed by atoms with Crippen molar-refractivity contribution >= 4 is 11.6 Å². The van der Waals surface area contributed by atoms with Gasteiger partial charge in [0.1, 0.15) is 11.5 Å². The van der Waals surface area contributed by atoms with Crippen molar-refractivity contribution in [2.75, 3.05) is 12.0 Å². The first kappa shape index (κ1) is 12.7. The highest BCUT2D eigenvalue weighted by molar-refractivity contribution is 6.07. The zero-order valence-corrected chi connectivity index (χ0v) is 10.5. The molecule has 104 valence electrons. The maximum Gasteiger partial charge on any atom is 0.352 e. The van der Waals surface area contributed by atoms with Crippen LogP contribution in [0.25, 0.3) is 0 Å². The average molecular weight is 279 g/mol. The molecule has 6 heteroatoms. The third kappa shape index (κ3) is 1.68. The van der Waals surface area contributed by atoms with Crippen LogP contribution in [-0.2, 0) is 4.79 Å². The summed E-state index contributed by atoms with van der Waals surface area (Å²) < 4.78 is 37.5. The van der Waals surface area contributed by atoms with Gasteiger partial charge >= 0.3 is 11.8 Å². The van der Waals surface area contributed by atoms with Crippen LogP contribution >= 0.6 is 0 Å². The summed E-state index contributed by atoms with van der Waals surface area (Å²) in [7, 11) is 1.50. The van der Waals surface area contributed by atoms with E-state index in [0.717, 1.165) is 4.90 Å². The zero-order valence-electron chi connectivity index (χ0n) is 10.5. The summed E-state index contributed by atoms with van der Waals surface area (Å²) in [6, 6.07) is 7.88. The fourth-order valence-electron chi connectivity index (χ4n) is 2.25. The molecule has 1 aromatic heterocycles. The quantitative estimate of drug-likeness (QED) is 0.811. The summed E-state index contributed by atoms with van der Waals surface area (Å²) >= 11 is 0. The fourth-order valence-corrected chi connectivity index (χ4v) is 2.25. The second kappa shape index (κ2) is 4.33. The smallest absolute Gasteiger partial charge is 0.352 e. The zero-order chi connectivity index (χ0) is 14.3. The number of β-lactam (4-membered cyclic amide) rings is 1. The number of hydrogen-bond donors (Lipinski definition) is 0. The van der Waals surface area contributed by atoms with Crippen molar-refractivity contribution in [2.45, 2.75) is 12.0 Å². The van der Waals surface area contributed by atoms with E-state index >= 15 is 0 Å². The topological polar surface area (TPSA) is 42.7 Å². The lowest BCUT2D eigenvalue weighted by Gasteiger charge is -2.45. The van der Waals surface area contributed by atoms with Crippen LogP contribution in [0.4, 0.5) is 14.5 Å². The molecule has 3 rings (SSSR count). The molecule has 0 bridgehead atoms. The Kier molecular flexibility index (Phi) is 2.74. The van der Waals surface area contributed by atoms with Gasteiger partial charge in [-0.15, -0.1) is 0 Å². The van der Waals surface area contributed by atoms with Crippen molar-refractivity contribution in [2.24, 2.45) is 0 Å². The van der Waals surface area contributed by atoms with Gasteiger partial charge in [0.25, 0.3) is 0 Å². The normalized spacial score (nSPS) is 20.6. The highest BCUT2D eigenvalue weighted by Crippen LogP contribution is 2.49. The Morgan fingerprint density at radius 1 is 1.25 bits per heavy atom. The number of methoxy groups -OCH3 is 1. The van der Waals surface area contributed by atoms with Crippen LogP contribution in [0.15, 0.2) is 47.1 Å².